The molecular formula is C13H23BN2O2. The number of rotatable bonds is 3. The number of nitrogens with zero attached hydrogens (tertiary/aromatic N) is 2. The van der Waals surface area contributed by atoms with E-state index in [2.05, 4.69) is 46.6 Å². The van der Waals surface area contributed by atoms with Gasteiger partial charge in [0.25, 0.3) is 0 Å². The second-order valence-corrected chi connectivity index (χ2v) is 6.05. The highest BCUT2D eigenvalue weighted by atomic mass is 16.7. The van der Waals surface area contributed by atoms with Gasteiger partial charge in [0, 0.05) is 12.2 Å². The lowest BCUT2D eigenvalue weighted by molar-refractivity contribution is 0.00578. The first-order valence-electron chi connectivity index (χ1n) is 6.67. The lowest BCUT2D eigenvalue weighted by Gasteiger charge is -2.32. The fourth-order valence-corrected chi connectivity index (χ4v) is 2.02. The third kappa shape index (κ3) is 2.10. The van der Waals surface area contributed by atoms with Gasteiger partial charge in [0.15, 0.2) is 0 Å². The van der Waals surface area contributed by atoms with E-state index in [9.17, 15) is 0 Å². The highest BCUT2D eigenvalue weighted by Gasteiger charge is 2.52. The lowest BCUT2D eigenvalue weighted by atomic mass is 9.84. The van der Waals surface area contributed by atoms with Gasteiger partial charge in [0.1, 0.15) is 0 Å². The molecule has 0 bridgehead atoms. The molecule has 1 atom stereocenters. The summed E-state index contributed by atoms with van der Waals surface area (Å²) in [6.07, 6.45) is 2.85. The molecule has 1 aromatic heterocycles. The van der Waals surface area contributed by atoms with Crippen LogP contribution in [0.2, 0.25) is 0 Å². The summed E-state index contributed by atoms with van der Waals surface area (Å²) in [6, 6.07) is 2.34. The molecule has 0 N–H and O–H groups in total. The zero-order valence-corrected chi connectivity index (χ0v) is 12.2. The average Bonchev–Trinajstić information content (AvgIpc) is 2.81. The van der Waals surface area contributed by atoms with Crippen LogP contribution in [0.5, 0.6) is 0 Å². The normalized spacial score (nSPS) is 23.3. The minimum absolute atomic E-state index is 0.303. The summed E-state index contributed by atoms with van der Waals surface area (Å²) < 4.78 is 14.1. The van der Waals surface area contributed by atoms with Crippen LogP contribution in [0.3, 0.4) is 0 Å². The Labute approximate surface area is 110 Å². The topological polar surface area (TPSA) is 36.3 Å². The minimum Gasteiger partial charge on any atom is -0.398 e. The molecule has 1 aliphatic heterocycles. The molecule has 0 aromatic carbocycles. The highest BCUT2D eigenvalue weighted by Crippen LogP contribution is 2.36. The van der Waals surface area contributed by atoms with E-state index < -0.39 is 0 Å². The van der Waals surface area contributed by atoms with Gasteiger partial charge in [-0.05, 0) is 47.1 Å². The Morgan fingerprint density at radius 3 is 2.33 bits per heavy atom. The average molecular weight is 250 g/mol. The third-order valence-corrected chi connectivity index (χ3v) is 4.20. The first kappa shape index (κ1) is 13.6. The summed E-state index contributed by atoms with van der Waals surface area (Å²) in [5, 5.41) is 4.38. The molecule has 0 spiro atoms. The summed E-state index contributed by atoms with van der Waals surface area (Å²) in [5.74, 6) is 0. The highest BCUT2D eigenvalue weighted by molar-refractivity contribution is 6.61. The molecule has 4 nitrogen and oxygen atoms in total. The fourth-order valence-electron chi connectivity index (χ4n) is 2.02. The van der Waals surface area contributed by atoms with Gasteiger partial charge in [-0.15, -0.1) is 0 Å². The summed E-state index contributed by atoms with van der Waals surface area (Å²) >= 11 is 0. The quantitative estimate of drug-likeness (QED) is 0.771. The fraction of sp³-hybridized carbons (Fsp3) is 0.769. The van der Waals surface area contributed by atoms with Gasteiger partial charge >= 0.3 is 7.12 Å². The van der Waals surface area contributed by atoms with Crippen LogP contribution >= 0.6 is 0 Å². The lowest BCUT2D eigenvalue weighted by Crippen LogP contribution is -2.41. The monoisotopic (exact) mass is 250 g/mol. The summed E-state index contributed by atoms with van der Waals surface area (Å²) in [7, 11) is -0.327. The van der Waals surface area contributed by atoms with Crippen molar-refractivity contribution in [3.8, 4) is 0 Å². The van der Waals surface area contributed by atoms with Crippen molar-refractivity contribution in [3.05, 3.63) is 12.3 Å². The van der Waals surface area contributed by atoms with Gasteiger partial charge in [0.2, 0.25) is 0 Å². The molecule has 1 unspecified atom stereocenters. The van der Waals surface area contributed by atoms with Crippen molar-refractivity contribution in [1.82, 2.24) is 9.78 Å². The van der Waals surface area contributed by atoms with Gasteiger partial charge in [-0.3, -0.25) is 4.68 Å². The maximum absolute atomic E-state index is 6.06. The Morgan fingerprint density at radius 2 is 1.83 bits per heavy atom. The van der Waals surface area contributed by atoms with Gasteiger partial charge in [-0.25, -0.2) is 0 Å². The number of aromatic nitrogens is 2. The molecule has 2 heterocycles. The Hall–Kier alpha value is -0.805. The first-order valence-corrected chi connectivity index (χ1v) is 6.67. The van der Waals surface area contributed by atoms with Gasteiger partial charge in [0.05, 0.1) is 16.8 Å². The summed E-state index contributed by atoms with van der Waals surface area (Å²) in [6.45, 7) is 12.6. The maximum atomic E-state index is 6.06. The van der Waals surface area contributed by atoms with Crippen LogP contribution in [0, 0.1) is 0 Å². The van der Waals surface area contributed by atoms with Gasteiger partial charge in [-0.2, -0.15) is 5.10 Å². The zero-order chi connectivity index (χ0) is 13.6. The van der Waals surface area contributed by atoms with Crippen LogP contribution < -0.4 is 5.59 Å². The number of hydrogen-bond acceptors (Lipinski definition) is 3. The Kier molecular flexibility index (Phi) is 3.32. The Morgan fingerprint density at radius 1 is 1.28 bits per heavy atom. The van der Waals surface area contributed by atoms with Crippen molar-refractivity contribution in [1.29, 1.82) is 0 Å². The SMILES string of the molecule is CCC(C)n1nccc1B1OC(C)(C)C(C)(C)O1. The van der Waals surface area contributed by atoms with E-state index in [0.29, 0.717) is 6.04 Å². The van der Waals surface area contributed by atoms with Crippen molar-refractivity contribution in [2.75, 3.05) is 0 Å². The molecule has 1 saturated heterocycles. The van der Waals surface area contributed by atoms with E-state index in [1.165, 1.54) is 0 Å². The van der Waals surface area contributed by atoms with E-state index in [4.69, 9.17) is 9.31 Å². The van der Waals surface area contributed by atoms with E-state index in [1.807, 2.05) is 16.9 Å². The molecule has 1 aromatic rings. The zero-order valence-electron chi connectivity index (χ0n) is 12.2. The standard InChI is InChI=1S/C13H23BN2O2/c1-7-10(2)16-11(8-9-15-16)14-17-12(3,4)13(5,6)18-14/h8-10H,7H2,1-6H3. The molecule has 0 amide bonds. The molecule has 0 aliphatic carbocycles. The van der Waals surface area contributed by atoms with Crippen LogP contribution in [0.1, 0.15) is 54.0 Å². The molecule has 18 heavy (non-hydrogen) atoms. The molecule has 1 aliphatic rings. The molecule has 100 valence electrons. The van der Waals surface area contributed by atoms with Crippen LogP contribution in [-0.4, -0.2) is 28.1 Å². The van der Waals surface area contributed by atoms with Crippen LogP contribution in [0.15, 0.2) is 12.3 Å². The van der Waals surface area contributed by atoms with E-state index >= 15 is 0 Å². The van der Waals surface area contributed by atoms with Crippen LogP contribution in [0.25, 0.3) is 0 Å². The smallest absolute Gasteiger partial charge is 0.398 e. The van der Waals surface area contributed by atoms with Gasteiger partial charge in [-0.1, -0.05) is 6.92 Å². The van der Waals surface area contributed by atoms with Crippen molar-refractivity contribution in [2.24, 2.45) is 0 Å². The molecule has 5 heteroatoms. The van der Waals surface area contributed by atoms with Crippen molar-refractivity contribution >= 4 is 12.7 Å². The summed E-state index contributed by atoms with van der Waals surface area (Å²) in [4.78, 5) is 0. The van der Waals surface area contributed by atoms with Crippen LogP contribution in [-0.2, 0) is 9.31 Å². The number of hydrogen-bond donors (Lipinski definition) is 0. The second-order valence-electron chi connectivity index (χ2n) is 6.05. The predicted molar refractivity (Wildman–Crippen MR) is 72.9 cm³/mol. The second kappa shape index (κ2) is 4.39. The molecule has 2 rings (SSSR count). The predicted octanol–water partition coefficient (Wildman–Crippen LogP) is 2.15. The Balaban J connectivity index is 2.28. The molecule has 0 saturated carbocycles. The van der Waals surface area contributed by atoms with E-state index in [-0.39, 0.29) is 18.3 Å². The van der Waals surface area contributed by atoms with Crippen molar-refractivity contribution in [3.63, 3.8) is 0 Å². The molecular weight excluding hydrogens is 227 g/mol. The maximum Gasteiger partial charge on any atom is 0.514 e. The molecule has 0 radical (unpaired) electrons. The summed E-state index contributed by atoms with van der Waals surface area (Å²) in [5.41, 5.74) is 0.396. The minimum atomic E-state index is -0.327. The van der Waals surface area contributed by atoms with Gasteiger partial charge < -0.3 is 9.31 Å². The van der Waals surface area contributed by atoms with E-state index in [0.717, 1.165) is 12.0 Å². The molecule has 1 fully saturated rings. The largest absolute Gasteiger partial charge is 0.514 e. The van der Waals surface area contributed by atoms with E-state index in [1.54, 1.807) is 0 Å². The first-order chi connectivity index (χ1) is 8.28. The van der Waals surface area contributed by atoms with Crippen molar-refractivity contribution in [2.45, 2.75) is 65.2 Å². The Bertz CT molecular complexity index is 412. The van der Waals surface area contributed by atoms with Crippen LogP contribution in [0.4, 0.5) is 0 Å². The van der Waals surface area contributed by atoms with Crippen molar-refractivity contribution < 1.29 is 9.31 Å². The third-order valence-electron chi connectivity index (χ3n) is 4.20.